The van der Waals surface area contributed by atoms with Gasteiger partial charge < -0.3 is 4.55 Å². The van der Waals surface area contributed by atoms with E-state index < -0.39 is 15.1 Å². The summed E-state index contributed by atoms with van der Waals surface area (Å²) in [6, 6.07) is 0. The van der Waals surface area contributed by atoms with E-state index in [1.165, 1.54) is 64.2 Å². The van der Waals surface area contributed by atoms with Crippen LogP contribution in [-0.2, 0) is 10.1 Å². The van der Waals surface area contributed by atoms with Crippen LogP contribution in [0.2, 0.25) is 0 Å². The number of hydrogen-bond donors (Lipinski definition) is 0. The maximum absolute atomic E-state index is 14.8. The molecular formula is C23H46FKO3S. The van der Waals surface area contributed by atoms with E-state index in [0.29, 0.717) is 12.8 Å². The van der Waals surface area contributed by atoms with E-state index in [4.69, 9.17) is 0 Å². The summed E-state index contributed by atoms with van der Waals surface area (Å²) in [5.74, 6) is 0. The molecule has 0 aromatic carbocycles. The summed E-state index contributed by atoms with van der Waals surface area (Å²) in [5.41, 5.74) is 0. The molecule has 0 aromatic rings. The number of alkyl halides is 1. The first-order chi connectivity index (χ1) is 13.4. The maximum atomic E-state index is 14.8. The van der Waals surface area contributed by atoms with E-state index in [1.807, 2.05) is 0 Å². The van der Waals surface area contributed by atoms with Gasteiger partial charge in [0.25, 0.3) is 0 Å². The molecule has 0 saturated heterocycles. The summed E-state index contributed by atoms with van der Waals surface area (Å²) in [7, 11) is -4.90. The molecule has 0 aliphatic heterocycles. The van der Waals surface area contributed by atoms with E-state index in [9.17, 15) is 17.4 Å². The van der Waals surface area contributed by atoms with Gasteiger partial charge in [0.15, 0.2) is 5.00 Å². The Labute approximate surface area is 223 Å². The van der Waals surface area contributed by atoms with Crippen LogP contribution in [0.25, 0.3) is 0 Å². The maximum Gasteiger partial charge on any atom is 1.00 e. The van der Waals surface area contributed by atoms with Crippen LogP contribution in [0, 0.1) is 0 Å². The van der Waals surface area contributed by atoms with Gasteiger partial charge in [-0.25, -0.2) is 12.8 Å². The average molecular weight is 461 g/mol. The van der Waals surface area contributed by atoms with Crippen molar-refractivity contribution in [2.45, 2.75) is 147 Å². The van der Waals surface area contributed by atoms with Crippen LogP contribution in [0.15, 0.2) is 0 Å². The predicted molar refractivity (Wildman–Crippen MR) is 117 cm³/mol. The Morgan fingerprint density at radius 3 is 1.07 bits per heavy atom. The zero-order valence-electron chi connectivity index (χ0n) is 19.7. The van der Waals surface area contributed by atoms with Crippen molar-refractivity contribution in [1.82, 2.24) is 0 Å². The van der Waals surface area contributed by atoms with E-state index in [-0.39, 0.29) is 64.2 Å². The molecule has 3 nitrogen and oxygen atoms in total. The molecule has 29 heavy (non-hydrogen) atoms. The van der Waals surface area contributed by atoms with Gasteiger partial charge in [-0.15, -0.1) is 0 Å². The Hall–Kier alpha value is 1.48. The molecule has 0 amide bonds. The summed E-state index contributed by atoms with van der Waals surface area (Å²) in [6.07, 6.45) is 19.0. The third-order valence-corrected chi connectivity index (χ3v) is 7.06. The predicted octanol–water partition coefficient (Wildman–Crippen LogP) is 5.04. The molecule has 0 aliphatic carbocycles. The van der Waals surface area contributed by atoms with Crippen LogP contribution in [0.1, 0.15) is 142 Å². The topological polar surface area (TPSA) is 57.2 Å². The van der Waals surface area contributed by atoms with Gasteiger partial charge in [0, 0.05) is 0 Å². The van der Waals surface area contributed by atoms with Gasteiger partial charge in [-0.05, 0) is 25.7 Å². The molecule has 0 aromatic heterocycles. The molecule has 0 rings (SSSR count). The molecule has 170 valence electrons. The second-order valence-corrected chi connectivity index (χ2v) is 10.1. The third kappa shape index (κ3) is 18.7. The molecule has 6 heteroatoms. The number of unbranched alkanes of at least 4 members (excludes halogenated alkanes) is 16. The summed E-state index contributed by atoms with van der Waals surface area (Å²) < 4.78 is 49.2. The molecule has 0 fully saturated rings. The fourth-order valence-corrected chi connectivity index (χ4v) is 4.56. The van der Waals surface area contributed by atoms with Crippen LogP contribution < -0.4 is 51.4 Å². The fraction of sp³-hybridized carbons (Fsp3) is 1.00. The van der Waals surface area contributed by atoms with Gasteiger partial charge in [-0.2, -0.15) is 0 Å². The normalized spacial score (nSPS) is 12.1. The van der Waals surface area contributed by atoms with Gasteiger partial charge in [0.2, 0.25) is 0 Å². The van der Waals surface area contributed by atoms with Gasteiger partial charge in [-0.1, -0.05) is 117 Å². The van der Waals surface area contributed by atoms with Crippen molar-refractivity contribution in [2.24, 2.45) is 0 Å². The molecule has 0 spiro atoms. The zero-order chi connectivity index (χ0) is 21.1. The Morgan fingerprint density at radius 2 is 0.828 bits per heavy atom. The smallest absolute Gasteiger partial charge is 0.745 e. The molecule has 0 radical (unpaired) electrons. The van der Waals surface area contributed by atoms with Crippen molar-refractivity contribution < 1.29 is 68.7 Å². The van der Waals surface area contributed by atoms with Crippen molar-refractivity contribution in [3.05, 3.63) is 0 Å². The molecule has 0 unspecified atom stereocenters. The summed E-state index contributed by atoms with van der Waals surface area (Å²) in [6.45, 7) is 4.39. The van der Waals surface area contributed by atoms with Crippen molar-refractivity contribution in [3.8, 4) is 0 Å². The minimum atomic E-state index is -4.90. The third-order valence-electron chi connectivity index (χ3n) is 5.76. The molecule has 0 aliphatic rings. The Kier molecular flexibility index (Phi) is 24.0. The summed E-state index contributed by atoms with van der Waals surface area (Å²) >= 11 is 0. The van der Waals surface area contributed by atoms with Crippen LogP contribution in [-0.4, -0.2) is 18.0 Å². The van der Waals surface area contributed by atoms with Crippen LogP contribution in [0.3, 0.4) is 0 Å². The second-order valence-electron chi connectivity index (χ2n) is 8.49. The number of halogens is 1. The number of rotatable bonds is 21. The van der Waals surface area contributed by atoms with Crippen LogP contribution in [0.5, 0.6) is 0 Å². The first-order valence-electron chi connectivity index (χ1n) is 12.0. The molecule has 0 saturated carbocycles. The Morgan fingerprint density at radius 1 is 0.586 bits per heavy atom. The van der Waals surface area contributed by atoms with Gasteiger partial charge in [-0.3, -0.25) is 0 Å². The average Bonchev–Trinajstić information content (AvgIpc) is 2.64. The van der Waals surface area contributed by atoms with Crippen LogP contribution >= 0.6 is 0 Å². The van der Waals surface area contributed by atoms with Crippen molar-refractivity contribution in [1.29, 1.82) is 0 Å². The molecule has 0 atom stereocenters. The van der Waals surface area contributed by atoms with E-state index in [0.717, 1.165) is 38.5 Å². The minimum absolute atomic E-state index is 0. The first kappa shape index (κ1) is 32.7. The van der Waals surface area contributed by atoms with Crippen LogP contribution in [0.4, 0.5) is 4.39 Å². The van der Waals surface area contributed by atoms with Gasteiger partial charge in [0.1, 0.15) is 10.1 Å². The van der Waals surface area contributed by atoms with E-state index >= 15 is 0 Å². The summed E-state index contributed by atoms with van der Waals surface area (Å²) in [4.78, 5) is 0. The second kappa shape index (κ2) is 21.3. The summed E-state index contributed by atoms with van der Waals surface area (Å²) in [5, 5.41) is -2.56. The fourth-order valence-electron chi connectivity index (χ4n) is 3.77. The number of hydrogen-bond acceptors (Lipinski definition) is 3. The molecular weight excluding hydrogens is 414 g/mol. The molecule has 0 heterocycles. The Bertz CT molecular complexity index is 421. The monoisotopic (exact) mass is 460 g/mol. The molecule has 0 N–H and O–H groups in total. The van der Waals surface area contributed by atoms with Crippen molar-refractivity contribution >= 4 is 10.1 Å². The SMILES string of the molecule is CCCCCCCCCCCC(F)(CCCCCCCCCCC)S(=O)(=O)[O-].[K+]. The zero-order valence-corrected chi connectivity index (χ0v) is 23.6. The quantitative estimate of drug-likeness (QED) is 0.137. The first-order valence-corrected chi connectivity index (χ1v) is 13.4. The standard InChI is InChI=1S/C23H47FO3S.K/c1-3-5-7-9-11-13-15-17-19-21-23(24,28(25,26)27)22-20-18-16-14-12-10-8-6-4-2;/h3-22H2,1-2H3,(H,25,26,27);/q;+1/p-1. The Balaban J connectivity index is 0. The largest absolute Gasteiger partial charge is 1.00 e. The van der Waals surface area contributed by atoms with Gasteiger partial charge in [0.05, 0.1) is 0 Å². The van der Waals surface area contributed by atoms with E-state index in [2.05, 4.69) is 13.8 Å². The van der Waals surface area contributed by atoms with Gasteiger partial charge >= 0.3 is 51.4 Å². The van der Waals surface area contributed by atoms with Crippen molar-refractivity contribution in [3.63, 3.8) is 0 Å². The molecule has 0 bridgehead atoms. The van der Waals surface area contributed by atoms with Crippen molar-refractivity contribution in [2.75, 3.05) is 0 Å². The van der Waals surface area contributed by atoms with E-state index in [1.54, 1.807) is 0 Å². The minimum Gasteiger partial charge on any atom is -0.745 e.